The van der Waals surface area contributed by atoms with Crippen LogP contribution in [0.4, 0.5) is 0 Å². The molecule has 44 heavy (non-hydrogen) atoms. The van der Waals surface area contributed by atoms with Gasteiger partial charge in [0.15, 0.2) is 0 Å². The van der Waals surface area contributed by atoms with Gasteiger partial charge in [0, 0.05) is 5.92 Å². The quantitative estimate of drug-likeness (QED) is 0.151. The molecule has 5 fully saturated rings. The van der Waals surface area contributed by atoms with E-state index in [1.807, 2.05) is 13.8 Å². The van der Waals surface area contributed by atoms with Crippen molar-refractivity contribution >= 4 is 17.7 Å². The molecular formula is C36H63ClN2O5. The summed E-state index contributed by atoms with van der Waals surface area (Å²) in [5.74, 6) is 1.25. The zero-order chi connectivity index (χ0) is 32.5. The van der Waals surface area contributed by atoms with Crippen molar-refractivity contribution in [1.82, 2.24) is 4.84 Å². The number of hydrogen-bond acceptors (Lipinski definition) is 7. The molecule has 12 atom stereocenters. The molecule has 0 amide bonds. The van der Waals surface area contributed by atoms with Gasteiger partial charge in [-0.2, -0.15) is 0 Å². The third kappa shape index (κ3) is 5.49. The first-order valence-corrected chi connectivity index (χ1v) is 18.1. The lowest BCUT2D eigenvalue weighted by Crippen LogP contribution is -2.56. The molecule has 2 spiro atoms. The van der Waals surface area contributed by atoms with E-state index in [9.17, 15) is 15.0 Å². The maximum atomic E-state index is 13.7. The Morgan fingerprint density at radius 2 is 1.70 bits per heavy atom. The minimum absolute atomic E-state index is 0.00209. The molecule has 0 aromatic heterocycles. The van der Waals surface area contributed by atoms with Crippen LogP contribution in [-0.4, -0.2) is 58.3 Å². The van der Waals surface area contributed by atoms with E-state index in [0.717, 1.165) is 32.1 Å². The third-order valence-corrected chi connectivity index (χ3v) is 15.1. The Balaban J connectivity index is 1.45. The van der Waals surface area contributed by atoms with Crippen molar-refractivity contribution in [3.63, 3.8) is 0 Å². The van der Waals surface area contributed by atoms with Crippen LogP contribution in [0.3, 0.4) is 0 Å². The van der Waals surface area contributed by atoms with Gasteiger partial charge in [0.25, 0.3) is 0 Å². The normalized spacial score (nSPS) is 45.0. The van der Waals surface area contributed by atoms with E-state index >= 15 is 0 Å². The SMILES string of the molecule is C[C@H]([C@H](C[C@@]1(C)C2CC[C@H]3C(C)(C)[C@@H](O)CC[C@@]34CC24CC[C@H]1C)OC(=O)[C@H](CCCN)NCl)[C@@]1(C)CC[C@@H](C(C)(C)O)O1. The van der Waals surface area contributed by atoms with Crippen molar-refractivity contribution in [3.05, 3.63) is 0 Å². The van der Waals surface area contributed by atoms with Crippen LogP contribution in [0.25, 0.3) is 0 Å². The number of ether oxygens (including phenoxy) is 2. The molecule has 7 nitrogen and oxygen atoms in total. The lowest BCUT2D eigenvalue weighted by molar-refractivity contribution is -0.184. The summed E-state index contributed by atoms with van der Waals surface area (Å²) >= 11 is 6.08. The molecule has 5 aliphatic rings. The average molecular weight is 639 g/mol. The number of nitrogens with two attached hydrogens (primary N) is 1. The van der Waals surface area contributed by atoms with Crippen molar-refractivity contribution in [2.45, 2.75) is 168 Å². The second-order valence-electron chi connectivity index (χ2n) is 17.7. The van der Waals surface area contributed by atoms with Crippen LogP contribution in [0.5, 0.6) is 0 Å². The van der Waals surface area contributed by atoms with Gasteiger partial charge in [-0.15, -0.1) is 0 Å². The Hall–Kier alpha value is -0.440. The predicted octanol–water partition coefficient (Wildman–Crippen LogP) is 6.50. The maximum absolute atomic E-state index is 13.7. The summed E-state index contributed by atoms with van der Waals surface area (Å²) in [6.07, 6.45) is 10.9. The van der Waals surface area contributed by atoms with Crippen molar-refractivity contribution in [3.8, 4) is 0 Å². The Labute approximate surface area is 272 Å². The molecule has 1 heterocycles. The fraction of sp³-hybridized carbons (Fsp3) is 0.972. The van der Waals surface area contributed by atoms with Gasteiger partial charge < -0.3 is 25.4 Å². The van der Waals surface area contributed by atoms with E-state index in [1.54, 1.807) is 0 Å². The van der Waals surface area contributed by atoms with E-state index in [0.29, 0.717) is 48.0 Å². The van der Waals surface area contributed by atoms with E-state index < -0.39 is 17.2 Å². The first kappa shape index (κ1) is 34.9. The molecule has 0 bridgehead atoms. The number of aliphatic hydroxyl groups is 2. The van der Waals surface area contributed by atoms with Gasteiger partial charge in [-0.3, -0.25) is 4.79 Å². The summed E-state index contributed by atoms with van der Waals surface area (Å²) in [6, 6.07) is -0.614. The summed E-state index contributed by atoms with van der Waals surface area (Å²) in [4.78, 5) is 16.4. The smallest absolute Gasteiger partial charge is 0.324 e. The van der Waals surface area contributed by atoms with Gasteiger partial charge in [-0.1, -0.05) is 34.6 Å². The Morgan fingerprint density at radius 3 is 2.32 bits per heavy atom. The Morgan fingerprint density at radius 1 is 1.07 bits per heavy atom. The molecule has 4 aliphatic carbocycles. The summed E-state index contributed by atoms with van der Waals surface area (Å²) in [6.45, 7) is 18.0. The number of esters is 1. The van der Waals surface area contributed by atoms with Crippen molar-refractivity contribution in [2.75, 3.05) is 6.54 Å². The summed E-state index contributed by atoms with van der Waals surface area (Å²) in [5, 5.41) is 21.8. The number of aliphatic hydroxyl groups excluding tert-OH is 1. The van der Waals surface area contributed by atoms with Crippen molar-refractivity contribution in [2.24, 2.45) is 51.1 Å². The van der Waals surface area contributed by atoms with E-state index in [-0.39, 0.29) is 41.0 Å². The van der Waals surface area contributed by atoms with E-state index in [4.69, 9.17) is 27.0 Å². The second-order valence-corrected chi connectivity index (χ2v) is 17.9. The molecule has 0 radical (unpaired) electrons. The van der Waals surface area contributed by atoms with Gasteiger partial charge in [0.1, 0.15) is 12.1 Å². The fourth-order valence-electron chi connectivity index (χ4n) is 11.5. The number of nitrogens with one attached hydrogen (secondary N) is 1. The van der Waals surface area contributed by atoms with Gasteiger partial charge >= 0.3 is 5.97 Å². The first-order chi connectivity index (χ1) is 20.4. The highest BCUT2D eigenvalue weighted by atomic mass is 35.5. The molecule has 5 rings (SSSR count). The lowest BCUT2D eigenvalue weighted by Gasteiger charge is -2.61. The topological polar surface area (TPSA) is 114 Å². The van der Waals surface area contributed by atoms with Crippen molar-refractivity contribution < 1.29 is 24.5 Å². The molecule has 2 unspecified atom stereocenters. The molecular weight excluding hydrogens is 576 g/mol. The highest BCUT2D eigenvalue weighted by Crippen LogP contribution is 2.86. The molecule has 4 saturated carbocycles. The van der Waals surface area contributed by atoms with Gasteiger partial charge in [0.2, 0.25) is 0 Å². The van der Waals surface area contributed by atoms with Crippen LogP contribution in [0.1, 0.15) is 132 Å². The van der Waals surface area contributed by atoms with Crippen LogP contribution < -0.4 is 10.6 Å². The Bertz CT molecular complexity index is 1070. The molecule has 5 N–H and O–H groups in total. The molecule has 0 aromatic rings. The largest absolute Gasteiger partial charge is 0.461 e. The minimum Gasteiger partial charge on any atom is -0.461 e. The molecule has 1 aliphatic heterocycles. The summed E-state index contributed by atoms with van der Waals surface area (Å²) < 4.78 is 13.2. The van der Waals surface area contributed by atoms with Crippen LogP contribution in [0.2, 0.25) is 0 Å². The molecule has 0 aromatic carbocycles. The van der Waals surface area contributed by atoms with Gasteiger partial charge in [0.05, 0.1) is 23.4 Å². The summed E-state index contributed by atoms with van der Waals surface area (Å²) in [5.41, 5.74) is 4.93. The first-order valence-electron chi connectivity index (χ1n) is 17.8. The van der Waals surface area contributed by atoms with Gasteiger partial charge in [-0.05, 0) is 156 Å². The van der Waals surface area contributed by atoms with Crippen LogP contribution in [0.15, 0.2) is 0 Å². The molecule has 8 heteroatoms. The van der Waals surface area contributed by atoms with Gasteiger partial charge in [-0.25, -0.2) is 4.84 Å². The van der Waals surface area contributed by atoms with Crippen LogP contribution in [-0.2, 0) is 14.3 Å². The second kappa shape index (κ2) is 11.9. The standard InChI is InChI=1S/C36H63ClN2O5/c1-22-13-17-36-21-35(36)18-14-28(40)31(3,4)26(35)11-12-27(36)33(22,7)20-25(43-30(41)24(39-37)10-9-19-38)23(2)34(8)16-15-29(44-34)32(5,6)42/h22-29,39-40,42H,9-21,38H2,1-8H3/t22-,23-,24+,25+,26+,27?,28+,29+,33-,34-,35-,36?/m1/s1. The van der Waals surface area contributed by atoms with E-state index in [1.165, 1.54) is 32.1 Å². The lowest BCUT2D eigenvalue weighted by atomic mass is 9.44. The average Bonchev–Trinajstić information content (AvgIpc) is 3.44. The van der Waals surface area contributed by atoms with Crippen LogP contribution >= 0.6 is 11.8 Å². The zero-order valence-electron chi connectivity index (χ0n) is 28.9. The Kier molecular flexibility index (Phi) is 9.44. The summed E-state index contributed by atoms with van der Waals surface area (Å²) in [7, 11) is 0. The van der Waals surface area contributed by atoms with E-state index in [2.05, 4.69) is 46.4 Å². The fourth-order valence-corrected chi connectivity index (χ4v) is 11.7. The number of carbonyl (C=O) groups excluding carboxylic acids is 1. The monoisotopic (exact) mass is 638 g/mol. The highest BCUT2D eigenvalue weighted by Gasteiger charge is 2.80. The third-order valence-electron chi connectivity index (χ3n) is 14.8. The maximum Gasteiger partial charge on any atom is 0.324 e. The molecule has 254 valence electrons. The minimum atomic E-state index is -0.934. The molecule has 1 saturated heterocycles. The predicted molar refractivity (Wildman–Crippen MR) is 175 cm³/mol. The number of rotatable bonds is 11. The number of hydrogen-bond donors (Lipinski definition) is 4. The highest BCUT2D eigenvalue weighted by molar-refractivity contribution is 6.14. The zero-order valence-corrected chi connectivity index (χ0v) is 29.6. The number of halogens is 1. The van der Waals surface area contributed by atoms with Crippen LogP contribution in [0, 0.1) is 45.3 Å². The number of carbonyl (C=O) groups is 1. The van der Waals surface area contributed by atoms with Crippen molar-refractivity contribution in [1.29, 1.82) is 0 Å².